The fourth-order valence-electron chi connectivity index (χ4n) is 2.24. The molecule has 1 aliphatic rings. The Morgan fingerprint density at radius 1 is 1.25 bits per heavy atom. The molecule has 3 rings (SSSR count). The number of phenolic OH excluding ortho intramolecular Hbond substituents is 1. The van der Waals surface area contributed by atoms with Gasteiger partial charge in [0.25, 0.3) is 0 Å². The van der Waals surface area contributed by atoms with Crippen molar-refractivity contribution in [3.63, 3.8) is 0 Å². The van der Waals surface area contributed by atoms with Crippen LogP contribution in [0.3, 0.4) is 0 Å². The van der Waals surface area contributed by atoms with E-state index in [-0.39, 0.29) is 22.3 Å². The molecular weight excluding hydrogens is 353 g/mol. The molecule has 2 aromatic rings. The van der Waals surface area contributed by atoms with Gasteiger partial charge in [0.05, 0.1) is 10.6 Å². The van der Waals surface area contributed by atoms with E-state index < -0.39 is 24.1 Å². The van der Waals surface area contributed by atoms with Gasteiger partial charge in [0.15, 0.2) is 17.3 Å². The topological polar surface area (TPSA) is 50.2 Å². The van der Waals surface area contributed by atoms with Gasteiger partial charge in [0.2, 0.25) is 5.82 Å². The van der Waals surface area contributed by atoms with E-state index in [9.17, 15) is 26.7 Å². The first kappa shape index (κ1) is 18.3. The molecule has 1 aliphatic carbocycles. The summed E-state index contributed by atoms with van der Waals surface area (Å²) >= 11 is 1.08. The molecule has 0 amide bonds. The molecule has 130 valence electrons. The van der Waals surface area contributed by atoms with Gasteiger partial charge in [-0.2, -0.15) is 17.6 Å². The smallest absolute Gasteiger partial charge is 0.379 e. The van der Waals surface area contributed by atoms with Crippen LogP contribution in [0.2, 0.25) is 0 Å². The summed E-state index contributed by atoms with van der Waals surface area (Å²) in [5.41, 5.74) is 0.626. The largest absolute Gasteiger partial charge is 0.505 e. The number of ketones is 1. The van der Waals surface area contributed by atoms with Gasteiger partial charge in [-0.05, 0) is 25.0 Å². The Hall–Kier alpha value is -2.03. The molecule has 1 aromatic carbocycles. The van der Waals surface area contributed by atoms with Crippen LogP contribution in [0, 0.1) is 17.6 Å². The Labute approximate surface area is 137 Å². The lowest BCUT2D eigenvalue weighted by atomic mass is 9.92. The van der Waals surface area contributed by atoms with Crippen LogP contribution < -0.4 is 0 Å². The summed E-state index contributed by atoms with van der Waals surface area (Å²) in [6.07, 6.45) is 1.39. The number of benzene rings is 1. The first-order valence-corrected chi connectivity index (χ1v) is 7.67. The van der Waals surface area contributed by atoms with Crippen molar-refractivity contribution in [1.29, 1.82) is 0 Å². The summed E-state index contributed by atoms with van der Waals surface area (Å²) in [5, 5.41) is 9.40. The number of aryl methyl sites for hydroxylation is 1. The minimum Gasteiger partial charge on any atom is -0.505 e. The van der Waals surface area contributed by atoms with Crippen LogP contribution in [-0.2, 0) is 6.42 Å². The zero-order valence-corrected chi connectivity index (χ0v) is 13.1. The molecule has 1 heterocycles. The Bertz CT molecular complexity index is 760. The molecular formula is C15H12F5NO2S. The third-order valence-electron chi connectivity index (χ3n) is 3.48. The maximum absolute atomic E-state index is 13.8. The minimum atomic E-state index is -3.67. The van der Waals surface area contributed by atoms with E-state index in [1.807, 2.05) is 6.92 Å². The third kappa shape index (κ3) is 3.72. The minimum absolute atomic E-state index is 0.00894. The Kier molecular flexibility index (Phi) is 5.53. The summed E-state index contributed by atoms with van der Waals surface area (Å²) in [6, 6.07) is 2.35. The number of rotatable bonds is 1. The summed E-state index contributed by atoms with van der Waals surface area (Å²) < 4.78 is 56.2. The van der Waals surface area contributed by atoms with Crippen LogP contribution in [0.15, 0.2) is 12.1 Å². The molecule has 0 spiro atoms. The number of alkyl halides is 3. The summed E-state index contributed by atoms with van der Waals surface area (Å²) in [7, 11) is 0. The number of carbonyl (C=O) groups is 1. The van der Waals surface area contributed by atoms with Crippen LogP contribution in [0.5, 0.6) is 5.75 Å². The number of hydrogen-bond acceptors (Lipinski definition) is 4. The number of halogens is 5. The highest BCUT2D eigenvalue weighted by Gasteiger charge is 2.29. The van der Waals surface area contributed by atoms with E-state index in [1.165, 1.54) is 6.07 Å². The molecule has 1 atom stereocenters. The Balaban J connectivity index is 0.000000471. The lowest BCUT2D eigenvalue weighted by molar-refractivity contribution is 0.00818. The van der Waals surface area contributed by atoms with Crippen LogP contribution in [0.25, 0.3) is 10.6 Å². The molecule has 1 N–H and O–H groups in total. The third-order valence-corrected chi connectivity index (χ3v) is 4.62. The monoisotopic (exact) mass is 365 g/mol. The molecule has 0 saturated heterocycles. The molecule has 0 bridgehead atoms. The van der Waals surface area contributed by atoms with Gasteiger partial charge in [0, 0.05) is 11.5 Å². The highest BCUT2D eigenvalue weighted by molar-refractivity contribution is 7.17. The predicted octanol–water partition coefficient (Wildman–Crippen LogP) is 4.74. The predicted molar refractivity (Wildman–Crippen MR) is 78.1 cm³/mol. The van der Waals surface area contributed by atoms with E-state index in [0.717, 1.165) is 23.8 Å². The van der Waals surface area contributed by atoms with Crippen molar-refractivity contribution < 1.29 is 31.9 Å². The van der Waals surface area contributed by atoms with Gasteiger partial charge in [-0.3, -0.25) is 4.79 Å². The Morgan fingerprint density at radius 3 is 2.50 bits per heavy atom. The summed E-state index contributed by atoms with van der Waals surface area (Å²) in [5.74, 6) is -3.23. The van der Waals surface area contributed by atoms with Crippen LogP contribution >= 0.6 is 11.3 Å². The van der Waals surface area contributed by atoms with Gasteiger partial charge < -0.3 is 5.11 Å². The van der Waals surface area contributed by atoms with Crippen LogP contribution in [0.1, 0.15) is 28.7 Å². The number of fused-ring (bicyclic) bond motifs is 1. The lowest BCUT2D eigenvalue weighted by Crippen LogP contribution is -2.18. The molecule has 0 aliphatic heterocycles. The normalized spacial score (nSPS) is 16.6. The van der Waals surface area contributed by atoms with Crippen molar-refractivity contribution in [3.8, 4) is 16.3 Å². The van der Waals surface area contributed by atoms with Crippen LogP contribution in [0.4, 0.5) is 22.0 Å². The number of aromatic nitrogens is 1. The van der Waals surface area contributed by atoms with Crippen LogP contribution in [-0.4, -0.2) is 22.6 Å². The second-order valence-corrected chi connectivity index (χ2v) is 6.11. The fourth-order valence-corrected chi connectivity index (χ4v) is 3.43. The second-order valence-electron chi connectivity index (χ2n) is 5.11. The van der Waals surface area contributed by atoms with Crippen molar-refractivity contribution in [2.24, 2.45) is 5.92 Å². The number of carbonyl (C=O) groups excluding carboxylic acids is 1. The van der Waals surface area contributed by atoms with Gasteiger partial charge in [-0.1, -0.05) is 6.92 Å². The van der Waals surface area contributed by atoms with E-state index in [1.54, 1.807) is 0 Å². The summed E-state index contributed by atoms with van der Waals surface area (Å²) in [4.78, 5) is 16.8. The zero-order chi connectivity index (χ0) is 18.0. The van der Waals surface area contributed by atoms with Crippen molar-refractivity contribution in [1.82, 2.24) is 4.98 Å². The van der Waals surface area contributed by atoms with Gasteiger partial charge >= 0.3 is 6.68 Å². The van der Waals surface area contributed by atoms with Gasteiger partial charge in [0.1, 0.15) is 5.01 Å². The molecule has 0 fully saturated rings. The number of thiazole rings is 1. The van der Waals surface area contributed by atoms with E-state index in [0.29, 0.717) is 17.0 Å². The van der Waals surface area contributed by atoms with E-state index >= 15 is 0 Å². The molecule has 9 heteroatoms. The number of nitrogens with zero attached hydrogens (tertiary/aromatic N) is 1. The molecule has 24 heavy (non-hydrogen) atoms. The second kappa shape index (κ2) is 7.25. The average molecular weight is 365 g/mol. The van der Waals surface area contributed by atoms with E-state index in [4.69, 9.17) is 5.11 Å². The SMILES string of the molecule is CC1CCc2nc(-c3ccc(O)c(F)c3F)sc2C1=O.FC(F)F. The molecule has 1 aromatic heterocycles. The molecule has 0 saturated carbocycles. The highest BCUT2D eigenvalue weighted by Crippen LogP contribution is 2.37. The molecule has 1 unspecified atom stereocenters. The van der Waals surface area contributed by atoms with Gasteiger partial charge in [-0.25, -0.2) is 9.37 Å². The molecule has 3 nitrogen and oxygen atoms in total. The maximum Gasteiger partial charge on any atom is 0.379 e. The first-order chi connectivity index (χ1) is 11.2. The zero-order valence-electron chi connectivity index (χ0n) is 12.3. The molecule has 0 radical (unpaired) electrons. The average Bonchev–Trinajstić information content (AvgIpc) is 2.93. The maximum atomic E-state index is 13.8. The first-order valence-electron chi connectivity index (χ1n) is 6.85. The Morgan fingerprint density at radius 2 is 1.88 bits per heavy atom. The van der Waals surface area contributed by atoms with E-state index in [2.05, 4.69) is 4.98 Å². The quantitative estimate of drug-likeness (QED) is 0.743. The lowest BCUT2D eigenvalue weighted by Gasteiger charge is -2.14. The van der Waals surface area contributed by atoms with Crippen molar-refractivity contribution >= 4 is 17.1 Å². The number of phenols is 1. The highest BCUT2D eigenvalue weighted by atomic mass is 32.1. The van der Waals surface area contributed by atoms with Crippen molar-refractivity contribution in [3.05, 3.63) is 34.3 Å². The standard InChI is InChI=1S/C14H11F2NO2S.CHF3/c1-6-2-4-8-13(12(6)19)20-14(17-8)7-3-5-9(18)11(16)10(7)15;2-1(3)4/h3,5-6,18H,2,4H2,1H3;1H. The number of hydrogen-bond donors (Lipinski definition) is 1. The fraction of sp³-hybridized carbons (Fsp3) is 0.333. The van der Waals surface area contributed by atoms with Crippen molar-refractivity contribution in [2.45, 2.75) is 26.4 Å². The number of aromatic hydroxyl groups is 1. The number of Topliss-reactive ketones (excluding diaryl/α,β-unsaturated/α-hetero) is 1. The summed E-state index contributed by atoms with van der Waals surface area (Å²) in [6.45, 7) is -1.81. The van der Waals surface area contributed by atoms with Crippen molar-refractivity contribution in [2.75, 3.05) is 0 Å². The van der Waals surface area contributed by atoms with Gasteiger partial charge in [-0.15, -0.1) is 11.3 Å².